The molecule has 21 heavy (non-hydrogen) atoms. The van der Waals surface area contributed by atoms with Gasteiger partial charge in [0, 0.05) is 16.1 Å². The van der Waals surface area contributed by atoms with Crippen molar-refractivity contribution < 1.29 is 4.79 Å². The van der Waals surface area contributed by atoms with Crippen LogP contribution in [0.2, 0.25) is 5.02 Å². The second-order valence-electron chi connectivity index (χ2n) is 4.84. The Morgan fingerprint density at radius 3 is 2.48 bits per heavy atom. The van der Waals surface area contributed by atoms with Gasteiger partial charge in [-0.3, -0.25) is 4.79 Å². The Hall–Kier alpha value is -2.32. The number of carbonyl (C=O) groups excluding carboxylic acids is 1. The van der Waals surface area contributed by atoms with E-state index in [4.69, 9.17) is 11.6 Å². The van der Waals surface area contributed by atoms with E-state index in [0.717, 1.165) is 22.0 Å². The van der Waals surface area contributed by atoms with E-state index >= 15 is 0 Å². The second-order valence-corrected chi connectivity index (χ2v) is 5.25. The summed E-state index contributed by atoms with van der Waals surface area (Å²) in [5, 5.41) is 5.72. The Balaban J connectivity index is 1.82. The number of nitrogens with one attached hydrogen (secondary N) is 1. The summed E-state index contributed by atoms with van der Waals surface area (Å²) in [7, 11) is 0. The summed E-state index contributed by atoms with van der Waals surface area (Å²) in [4.78, 5) is 12.2. The molecule has 0 heterocycles. The molecule has 3 aromatic rings. The third kappa shape index (κ3) is 3.06. The van der Waals surface area contributed by atoms with Gasteiger partial charge in [0.05, 0.1) is 6.42 Å². The van der Waals surface area contributed by atoms with E-state index in [1.165, 1.54) is 0 Å². The number of benzene rings is 3. The molecule has 3 rings (SSSR count). The fraction of sp³-hybridized carbons (Fsp3) is 0.0556. The fourth-order valence-electron chi connectivity index (χ4n) is 2.34. The van der Waals surface area contributed by atoms with Gasteiger partial charge in [0.25, 0.3) is 0 Å². The molecule has 0 saturated heterocycles. The van der Waals surface area contributed by atoms with Crippen LogP contribution in [-0.4, -0.2) is 5.91 Å². The molecule has 0 saturated carbocycles. The summed E-state index contributed by atoms with van der Waals surface area (Å²) in [5.74, 6) is -0.0700. The quantitative estimate of drug-likeness (QED) is 0.747. The van der Waals surface area contributed by atoms with E-state index in [2.05, 4.69) is 5.32 Å². The van der Waals surface area contributed by atoms with Gasteiger partial charge in [-0.15, -0.1) is 0 Å². The lowest BCUT2D eigenvalue weighted by Crippen LogP contribution is -2.14. The van der Waals surface area contributed by atoms with Gasteiger partial charge in [-0.1, -0.05) is 66.2 Å². The van der Waals surface area contributed by atoms with Crippen LogP contribution in [0.25, 0.3) is 10.8 Å². The Bertz CT molecular complexity index is 793. The molecule has 0 aliphatic carbocycles. The van der Waals surface area contributed by atoms with E-state index in [0.29, 0.717) is 5.02 Å². The van der Waals surface area contributed by atoms with Crippen LogP contribution in [0.3, 0.4) is 0 Å². The molecule has 0 bridgehead atoms. The summed E-state index contributed by atoms with van der Waals surface area (Å²) >= 11 is 6.09. The Morgan fingerprint density at radius 1 is 0.905 bits per heavy atom. The number of halogens is 1. The Labute approximate surface area is 128 Å². The van der Waals surface area contributed by atoms with Crippen LogP contribution >= 0.6 is 11.6 Å². The lowest BCUT2D eigenvalue weighted by Gasteiger charge is -2.09. The first-order valence-corrected chi connectivity index (χ1v) is 7.13. The Kier molecular flexibility index (Phi) is 3.89. The number of anilines is 1. The summed E-state index contributed by atoms with van der Waals surface area (Å²) < 4.78 is 0. The zero-order valence-corrected chi connectivity index (χ0v) is 12.1. The van der Waals surface area contributed by atoms with Crippen LogP contribution in [0.15, 0.2) is 66.7 Å². The number of hydrogen-bond acceptors (Lipinski definition) is 1. The van der Waals surface area contributed by atoms with Crippen molar-refractivity contribution in [2.75, 3.05) is 5.32 Å². The van der Waals surface area contributed by atoms with Gasteiger partial charge in [0.1, 0.15) is 0 Å². The lowest BCUT2D eigenvalue weighted by atomic mass is 10.1. The molecule has 2 nitrogen and oxygen atoms in total. The van der Waals surface area contributed by atoms with Gasteiger partial charge in [0.15, 0.2) is 0 Å². The number of fused-ring (bicyclic) bond motifs is 1. The van der Waals surface area contributed by atoms with E-state index in [1.54, 1.807) is 6.07 Å². The molecule has 104 valence electrons. The first-order valence-electron chi connectivity index (χ1n) is 6.75. The first-order chi connectivity index (χ1) is 10.2. The SMILES string of the molecule is O=C(Cc1ccccc1Cl)Nc1cccc2ccccc12. The molecule has 1 amide bonds. The monoisotopic (exact) mass is 295 g/mol. The lowest BCUT2D eigenvalue weighted by molar-refractivity contribution is -0.115. The zero-order chi connectivity index (χ0) is 14.7. The molecular weight excluding hydrogens is 282 g/mol. The zero-order valence-electron chi connectivity index (χ0n) is 11.3. The first kappa shape index (κ1) is 13.7. The van der Waals surface area contributed by atoms with Crippen molar-refractivity contribution in [1.29, 1.82) is 0 Å². The highest BCUT2D eigenvalue weighted by molar-refractivity contribution is 6.31. The van der Waals surface area contributed by atoms with E-state index in [9.17, 15) is 4.79 Å². The molecule has 0 aromatic heterocycles. The highest BCUT2D eigenvalue weighted by Crippen LogP contribution is 2.23. The molecular formula is C18H14ClNO. The summed E-state index contributed by atoms with van der Waals surface area (Å²) in [6.07, 6.45) is 0.267. The third-order valence-electron chi connectivity index (χ3n) is 3.37. The summed E-state index contributed by atoms with van der Waals surface area (Å²) in [5.41, 5.74) is 1.65. The number of carbonyl (C=O) groups is 1. The van der Waals surface area contributed by atoms with Crippen molar-refractivity contribution in [3.8, 4) is 0 Å². The van der Waals surface area contributed by atoms with Crippen LogP contribution in [-0.2, 0) is 11.2 Å². The standard InChI is InChI=1S/C18H14ClNO/c19-16-10-4-2-7-14(16)12-18(21)20-17-11-5-8-13-6-1-3-9-15(13)17/h1-11H,12H2,(H,20,21). The van der Waals surface area contributed by atoms with E-state index < -0.39 is 0 Å². The minimum atomic E-state index is -0.0700. The molecule has 0 atom stereocenters. The van der Waals surface area contributed by atoms with Gasteiger partial charge in [-0.2, -0.15) is 0 Å². The summed E-state index contributed by atoms with van der Waals surface area (Å²) in [6.45, 7) is 0. The van der Waals surface area contributed by atoms with Gasteiger partial charge in [-0.05, 0) is 23.1 Å². The van der Waals surface area contributed by atoms with Crippen LogP contribution in [0.1, 0.15) is 5.56 Å². The number of hydrogen-bond donors (Lipinski definition) is 1. The van der Waals surface area contributed by atoms with Crippen molar-refractivity contribution >= 4 is 34.0 Å². The van der Waals surface area contributed by atoms with Crippen molar-refractivity contribution in [3.63, 3.8) is 0 Å². The van der Waals surface area contributed by atoms with Crippen LogP contribution < -0.4 is 5.32 Å². The van der Waals surface area contributed by atoms with Gasteiger partial charge in [-0.25, -0.2) is 0 Å². The van der Waals surface area contributed by atoms with Gasteiger partial charge >= 0.3 is 0 Å². The average Bonchev–Trinajstić information content (AvgIpc) is 2.50. The smallest absolute Gasteiger partial charge is 0.228 e. The van der Waals surface area contributed by atoms with Crippen LogP contribution in [0, 0.1) is 0 Å². The molecule has 1 N–H and O–H groups in total. The largest absolute Gasteiger partial charge is 0.325 e. The maximum atomic E-state index is 12.2. The normalized spacial score (nSPS) is 10.5. The second kappa shape index (κ2) is 5.98. The number of amides is 1. The molecule has 0 aliphatic rings. The molecule has 3 aromatic carbocycles. The maximum Gasteiger partial charge on any atom is 0.228 e. The molecule has 0 aliphatic heterocycles. The highest BCUT2D eigenvalue weighted by atomic mass is 35.5. The van der Waals surface area contributed by atoms with Crippen molar-refractivity contribution in [2.24, 2.45) is 0 Å². The Morgan fingerprint density at radius 2 is 1.62 bits per heavy atom. The van der Waals surface area contributed by atoms with Crippen molar-refractivity contribution in [2.45, 2.75) is 6.42 Å². The molecule has 3 heteroatoms. The third-order valence-corrected chi connectivity index (χ3v) is 3.74. The van der Waals surface area contributed by atoms with Crippen molar-refractivity contribution in [1.82, 2.24) is 0 Å². The van der Waals surface area contributed by atoms with Gasteiger partial charge < -0.3 is 5.32 Å². The fourth-order valence-corrected chi connectivity index (χ4v) is 2.55. The molecule has 0 fully saturated rings. The predicted molar refractivity (Wildman–Crippen MR) is 87.7 cm³/mol. The van der Waals surface area contributed by atoms with E-state index in [1.807, 2.05) is 60.7 Å². The average molecular weight is 296 g/mol. The predicted octanol–water partition coefficient (Wildman–Crippen LogP) is 4.67. The van der Waals surface area contributed by atoms with Crippen LogP contribution in [0.4, 0.5) is 5.69 Å². The van der Waals surface area contributed by atoms with Crippen LogP contribution in [0.5, 0.6) is 0 Å². The number of rotatable bonds is 3. The van der Waals surface area contributed by atoms with E-state index in [-0.39, 0.29) is 12.3 Å². The van der Waals surface area contributed by atoms with Crippen molar-refractivity contribution in [3.05, 3.63) is 77.3 Å². The highest BCUT2D eigenvalue weighted by Gasteiger charge is 2.08. The summed E-state index contributed by atoms with van der Waals surface area (Å²) in [6, 6.07) is 21.2. The minimum absolute atomic E-state index is 0.0700. The maximum absolute atomic E-state index is 12.2. The topological polar surface area (TPSA) is 29.1 Å². The molecule has 0 radical (unpaired) electrons. The molecule has 0 spiro atoms. The molecule has 0 unspecified atom stereocenters. The minimum Gasteiger partial charge on any atom is -0.325 e. The van der Waals surface area contributed by atoms with Gasteiger partial charge in [0.2, 0.25) is 5.91 Å².